The topological polar surface area (TPSA) is 75.7 Å². The van der Waals surface area contributed by atoms with E-state index in [1.165, 1.54) is 0 Å². The molecule has 3 aromatic rings. The van der Waals surface area contributed by atoms with Crippen LogP contribution in [0, 0.1) is 13.8 Å². The van der Waals surface area contributed by atoms with Gasteiger partial charge in [0.2, 0.25) is 0 Å². The number of imide groups is 1. The first-order valence-corrected chi connectivity index (χ1v) is 10.0. The molecule has 1 N–H and O–H groups in total. The molecule has 0 aliphatic carbocycles. The quantitative estimate of drug-likeness (QED) is 0.475. The molecule has 0 saturated heterocycles. The number of rotatable bonds is 6. The summed E-state index contributed by atoms with van der Waals surface area (Å²) < 4.78 is 5.39. The Morgan fingerprint density at radius 1 is 0.839 bits per heavy atom. The van der Waals surface area contributed by atoms with E-state index in [1.54, 1.807) is 36.4 Å². The lowest BCUT2D eigenvalue weighted by molar-refractivity contribution is 0.0421. The lowest BCUT2D eigenvalue weighted by atomic mass is 10.1. The van der Waals surface area contributed by atoms with Gasteiger partial charge < -0.3 is 10.1 Å². The minimum absolute atomic E-state index is 0.00463. The maximum absolute atomic E-state index is 12.7. The second kappa shape index (κ2) is 8.44. The van der Waals surface area contributed by atoms with Crippen molar-refractivity contribution in [3.63, 3.8) is 0 Å². The number of fused-ring (bicyclic) bond motifs is 1. The van der Waals surface area contributed by atoms with Crippen LogP contribution in [-0.2, 0) is 4.74 Å². The number of ether oxygens (including phenoxy) is 1. The molecule has 0 atom stereocenters. The summed E-state index contributed by atoms with van der Waals surface area (Å²) in [6.45, 7) is 3.97. The lowest BCUT2D eigenvalue weighted by Crippen LogP contribution is -2.33. The SMILES string of the molecule is Cc1cccc(Nc2ccccc2C(=O)OCCN2C(=O)c3ccccc3C2=O)c1C. The van der Waals surface area contributed by atoms with Crippen molar-refractivity contribution >= 4 is 29.2 Å². The monoisotopic (exact) mass is 414 g/mol. The zero-order valence-corrected chi connectivity index (χ0v) is 17.3. The average Bonchev–Trinajstić information content (AvgIpc) is 3.02. The molecule has 0 fully saturated rings. The molecular weight excluding hydrogens is 392 g/mol. The van der Waals surface area contributed by atoms with E-state index in [-0.39, 0.29) is 25.0 Å². The molecule has 2 amide bonds. The van der Waals surface area contributed by atoms with Crippen LogP contribution in [0.25, 0.3) is 0 Å². The largest absolute Gasteiger partial charge is 0.460 e. The summed E-state index contributed by atoms with van der Waals surface area (Å²) in [5, 5.41) is 3.30. The summed E-state index contributed by atoms with van der Waals surface area (Å²) in [5.41, 5.74) is 4.91. The third kappa shape index (κ3) is 3.92. The Morgan fingerprint density at radius 3 is 2.16 bits per heavy atom. The lowest BCUT2D eigenvalue weighted by Gasteiger charge is -2.16. The Bertz CT molecular complexity index is 1150. The number of hydrogen-bond donors (Lipinski definition) is 1. The Kier molecular flexibility index (Phi) is 5.54. The maximum Gasteiger partial charge on any atom is 0.340 e. The Balaban J connectivity index is 1.43. The number of para-hydroxylation sites is 1. The number of nitrogens with zero attached hydrogens (tertiary/aromatic N) is 1. The highest BCUT2D eigenvalue weighted by atomic mass is 16.5. The van der Waals surface area contributed by atoms with E-state index in [4.69, 9.17) is 4.74 Å². The van der Waals surface area contributed by atoms with Gasteiger partial charge >= 0.3 is 5.97 Å². The van der Waals surface area contributed by atoms with Gasteiger partial charge in [-0.3, -0.25) is 14.5 Å². The molecule has 6 nitrogen and oxygen atoms in total. The van der Waals surface area contributed by atoms with E-state index in [0.29, 0.717) is 22.4 Å². The molecule has 0 aromatic heterocycles. The van der Waals surface area contributed by atoms with Crippen molar-refractivity contribution in [1.82, 2.24) is 4.90 Å². The van der Waals surface area contributed by atoms with Gasteiger partial charge in [-0.25, -0.2) is 4.79 Å². The molecule has 0 spiro atoms. The average molecular weight is 414 g/mol. The zero-order chi connectivity index (χ0) is 22.0. The van der Waals surface area contributed by atoms with Crippen LogP contribution in [0.15, 0.2) is 66.7 Å². The van der Waals surface area contributed by atoms with Crippen LogP contribution < -0.4 is 5.32 Å². The highest BCUT2D eigenvalue weighted by Gasteiger charge is 2.34. The van der Waals surface area contributed by atoms with Crippen LogP contribution in [0.2, 0.25) is 0 Å². The molecule has 0 unspecified atom stereocenters. The zero-order valence-electron chi connectivity index (χ0n) is 17.3. The molecule has 3 aromatic carbocycles. The molecule has 6 heteroatoms. The molecule has 1 aliphatic rings. The number of nitrogens with one attached hydrogen (secondary N) is 1. The summed E-state index contributed by atoms with van der Waals surface area (Å²) in [5.74, 6) is -1.26. The van der Waals surface area contributed by atoms with Crippen molar-refractivity contribution in [3.8, 4) is 0 Å². The van der Waals surface area contributed by atoms with Gasteiger partial charge in [0.15, 0.2) is 0 Å². The standard InChI is InChI=1S/C25H22N2O4/c1-16-8-7-13-21(17(16)2)26-22-12-6-5-11-20(22)25(30)31-15-14-27-23(28)18-9-3-4-10-19(18)24(27)29/h3-13,26H,14-15H2,1-2H3. The molecule has 1 aliphatic heterocycles. The van der Waals surface area contributed by atoms with Gasteiger partial charge in [-0.1, -0.05) is 36.4 Å². The molecule has 0 radical (unpaired) electrons. The summed E-state index contributed by atoms with van der Waals surface area (Å²) in [7, 11) is 0. The number of carbonyl (C=O) groups excluding carboxylic acids is 3. The fourth-order valence-electron chi connectivity index (χ4n) is 3.55. The third-order valence-corrected chi connectivity index (χ3v) is 5.45. The minimum atomic E-state index is -0.523. The fraction of sp³-hybridized carbons (Fsp3) is 0.160. The van der Waals surface area contributed by atoms with E-state index in [2.05, 4.69) is 5.32 Å². The summed E-state index contributed by atoms with van der Waals surface area (Å²) in [6.07, 6.45) is 0. The molecule has 0 bridgehead atoms. The van der Waals surface area contributed by atoms with Crippen LogP contribution in [0.4, 0.5) is 11.4 Å². The van der Waals surface area contributed by atoms with E-state index in [0.717, 1.165) is 21.7 Å². The Morgan fingerprint density at radius 2 is 1.45 bits per heavy atom. The van der Waals surface area contributed by atoms with E-state index in [9.17, 15) is 14.4 Å². The number of amides is 2. The van der Waals surface area contributed by atoms with Gasteiger partial charge in [-0.05, 0) is 55.3 Å². The first-order chi connectivity index (χ1) is 15.0. The van der Waals surface area contributed by atoms with Gasteiger partial charge in [-0.15, -0.1) is 0 Å². The molecule has 156 valence electrons. The molecule has 1 heterocycles. The number of esters is 1. The normalized spacial score (nSPS) is 12.6. The maximum atomic E-state index is 12.7. The second-order valence-electron chi connectivity index (χ2n) is 7.36. The van der Waals surface area contributed by atoms with Gasteiger partial charge in [0, 0.05) is 5.69 Å². The van der Waals surface area contributed by atoms with Crippen molar-refractivity contribution in [2.45, 2.75) is 13.8 Å². The molecule has 0 saturated carbocycles. The first-order valence-electron chi connectivity index (χ1n) is 10.0. The third-order valence-electron chi connectivity index (χ3n) is 5.45. The van der Waals surface area contributed by atoms with Crippen molar-refractivity contribution in [3.05, 3.63) is 94.5 Å². The molecule has 31 heavy (non-hydrogen) atoms. The van der Waals surface area contributed by atoms with Crippen LogP contribution >= 0.6 is 0 Å². The summed E-state index contributed by atoms with van der Waals surface area (Å²) in [6, 6.07) is 19.7. The van der Waals surface area contributed by atoms with Gasteiger partial charge in [0.05, 0.1) is 28.9 Å². The van der Waals surface area contributed by atoms with Gasteiger partial charge in [-0.2, -0.15) is 0 Å². The minimum Gasteiger partial charge on any atom is -0.460 e. The second-order valence-corrected chi connectivity index (χ2v) is 7.36. The summed E-state index contributed by atoms with van der Waals surface area (Å²) in [4.78, 5) is 38.7. The van der Waals surface area contributed by atoms with Gasteiger partial charge in [0.25, 0.3) is 11.8 Å². The van der Waals surface area contributed by atoms with Crippen LogP contribution in [0.3, 0.4) is 0 Å². The van der Waals surface area contributed by atoms with Gasteiger partial charge in [0.1, 0.15) is 6.61 Å². The van der Waals surface area contributed by atoms with E-state index < -0.39 is 5.97 Å². The smallest absolute Gasteiger partial charge is 0.340 e. The van der Waals surface area contributed by atoms with Crippen LogP contribution in [-0.4, -0.2) is 35.8 Å². The fourth-order valence-corrected chi connectivity index (χ4v) is 3.55. The predicted octanol–water partition coefficient (Wildman–Crippen LogP) is 4.50. The Hall–Kier alpha value is -3.93. The number of hydrogen-bond acceptors (Lipinski definition) is 5. The number of aryl methyl sites for hydroxylation is 1. The molecule has 4 rings (SSSR count). The van der Waals surface area contributed by atoms with E-state index >= 15 is 0 Å². The Labute approximate surface area is 180 Å². The van der Waals surface area contributed by atoms with Crippen molar-refractivity contribution < 1.29 is 19.1 Å². The summed E-state index contributed by atoms with van der Waals surface area (Å²) >= 11 is 0. The highest BCUT2D eigenvalue weighted by Crippen LogP contribution is 2.26. The number of benzene rings is 3. The number of anilines is 2. The highest BCUT2D eigenvalue weighted by molar-refractivity contribution is 6.21. The van der Waals surface area contributed by atoms with E-state index in [1.807, 2.05) is 44.2 Å². The number of carbonyl (C=O) groups is 3. The van der Waals surface area contributed by atoms with Crippen molar-refractivity contribution in [1.29, 1.82) is 0 Å². The predicted molar refractivity (Wildman–Crippen MR) is 118 cm³/mol. The van der Waals surface area contributed by atoms with Crippen molar-refractivity contribution in [2.75, 3.05) is 18.5 Å². The first kappa shape index (κ1) is 20.3. The van der Waals surface area contributed by atoms with Crippen molar-refractivity contribution in [2.24, 2.45) is 0 Å². The van der Waals surface area contributed by atoms with Crippen LogP contribution in [0.5, 0.6) is 0 Å². The molecular formula is C25H22N2O4. The van der Waals surface area contributed by atoms with Crippen LogP contribution in [0.1, 0.15) is 42.2 Å².